The van der Waals surface area contributed by atoms with E-state index in [1.54, 1.807) is 12.1 Å². The first-order valence-corrected chi connectivity index (χ1v) is 9.04. The molecule has 26 heavy (non-hydrogen) atoms. The van der Waals surface area contributed by atoms with Crippen molar-refractivity contribution in [3.8, 4) is 5.75 Å². The molecule has 1 fully saturated rings. The summed E-state index contributed by atoms with van der Waals surface area (Å²) >= 11 is 6.44. The molecule has 0 unspecified atom stereocenters. The van der Waals surface area contributed by atoms with E-state index in [1.807, 2.05) is 19.1 Å². The molecule has 1 N–H and O–H groups in total. The third kappa shape index (κ3) is 3.70. The zero-order chi connectivity index (χ0) is 18.2. The number of rotatable bonds is 3. The van der Waals surface area contributed by atoms with Crippen molar-refractivity contribution in [2.24, 2.45) is 5.92 Å². The summed E-state index contributed by atoms with van der Waals surface area (Å²) in [6, 6.07) is 3.55. The van der Waals surface area contributed by atoms with Crippen LogP contribution in [-0.4, -0.2) is 18.6 Å². The number of hydrogen-bond acceptors (Lipinski definition) is 3. The van der Waals surface area contributed by atoms with Crippen molar-refractivity contribution < 1.29 is 44.2 Å². The van der Waals surface area contributed by atoms with Gasteiger partial charge in [0.1, 0.15) is 5.75 Å². The zero-order valence-electron chi connectivity index (χ0n) is 15.8. The van der Waals surface area contributed by atoms with Gasteiger partial charge in [0.05, 0.1) is 17.7 Å². The molecule has 6 heteroatoms. The smallest absolute Gasteiger partial charge is 0.873 e. The van der Waals surface area contributed by atoms with Gasteiger partial charge in [-0.3, -0.25) is 4.79 Å². The Kier molecular flexibility index (Phi) is 6.89. The van der Waals surface area contributed by atoms with Gasteiger partial charge in [0, 0.05) is 11.1 Å². The first-order chi connectivity index (χ1) is 11.9. The van der Waals surface area contributed by atoms with E-state index in [4.69, 9.17) is 16.3 Å². The summed E-state index contributed by atoms with van der Waals surface area (Å²) in [5, 5.41) is 16.5. The topological polar surface area (TPSA) is 61.4 Å². The Morgan fingerprint density at radius 1 is 1.35 bits per heavy atom. The van der Waals surface area contributed by atoms with E-state index in [9.17, 15) is 9.90 Å². The van der Waals surface area contributed by atoms with Gasteiger partial charge in [0.15, 0.2) is 0 Å². The maximum Gasteiger partial charge on any atom is 1.00 e. The van der Waals surface area contributed by atoms with Crippen LogP contribution >= 0.6 is 11.6 Å². The molecule has 0 saturated heterocycles. The molecule has 0 radical (unpaired) electrons. The van der Waals surface area contributed by atoms with Crippen molar-refractivity contribution in [2.45, 2.75) is 45.1 Å². The molecule has 1 aliphatic heterocycles. The predicted molar refractivity (Wildman–Crippen MR) is 98.1 cm³/mol. The van der Waals surface area contributed by atoms with Crippen LogP contribution in [0, 0.1) is 5.92 Å². The monoisotopic (exact) mass is 383 g/mol. The quantitative estimate of drug-likeness (QED) is 0.775. The Bertz CT molecular complexity index is 765. The van der Waals surface area contributed by atoms with Gasteiger partial charge in [0.25, 0.3) is 5.91 Å². The zero-order valence-corrected chi connectivity index (χ0v) is 18.6. The summed E-state index contributed by atoms with van der Waals surface area (Å²) in [5.74, 6) is 0.528. The molecular formula is C20H23ClNNaO3. The molecule has 1 aliphatic carbocycles. The molecule has 1 aromatic carbocycles. The van der Waals surface area contributed by atoms with Crippen LogP contribution in [0.5, 0.6) is 5.75 Å². The van der Waals surface area contributed by atoms with E-state index in [-0.39, 0.29) is 46.8 Å². The minimum absolute atomic E-state index is 0. The van der Waals surface area contributed by atoms with E-state index in [2.05, 4.69) is 12.2 Å². The summed E-state index contributed by atoms with van der Waals surface area (Å²) in [6.07, 6.45) is 7.01. The van der Waals surface area contributed by atoms with Crippen LogP contribution in [0.4, 0.5) is 0 Å². The van der Waals surface area contributed by atoms with E-state index >= 15 is 0 Å². The Labute approximate surface area is 181 Å². The van der Waals surface area contributed by atoms with Crippen molar-refractivity contribution in [1.29, 1.82) is 0 Å². The SMILES string of the molecule is C/C=C/c1cc(Cl)c(C2=C([O-])C3(CCC(C)CC3)NC2=O)c(OC)c1.[Na+]. The summed E-state index contributed by atoms with van der Waals surface area (Å²) < 4.78 is 5.44. The third-order valence-corrected chi connectivity index (χ3v) is 5.57. The Morgan fingerprint density at radius 3 is 2.58 bits per heavy atom. The van der Waals surface area contributed by atoms with Crippen LogP contribution < -0.4 is 44.7 Å². The number of halogens is 1. The number of methoxy groups -OCH3 is 1. The second-order valence-electron chi connectivity index (χ2n) is 7.00. The maximum atomic E-state index is 13.2. The summed E-state index contributed by atoms with van der Waals surface area (Å²) in [5.41, 5.74) is 0.620. The fraction of sp³-hybridized carbons (Fsp3) is 0.450. The molecule has 4 nitrogen and oxygen atoms in total. The van der Waals surface area contributed by atoms with Crippen molar-refractivity contribution in [1.82, 2.24) is 5.32 Å². The number of nitrogens with one attached hydrogen (secondary N) is 1. The van der Waals surface area contributed by atoms with Crippen molar-refractivity contribution in [2.75, 3.05) is 7.11 Å². The summed E-state index contributed by atoms with van der Waals surface area (Å²) in [6.45, 7) is 4.09. The Balaban J connectivity index is 0.00000243. The number of allylic oxidation sites excluding steroid dienone is 1. The molecule has 0 bridgehead atoms. The minimum Gasteiger partial charge on any atom is -0.873 e. The van der Waals surface area contributed by atoms with Crippen LogP contribution in [0.3, 0.4) is 0 Å². The number of amides is 1. The van der Waals surface area contributed by atoms with E-state index in [0.29, 0.717) is 35.1 Å². The van der Waals surface area contributed by atoms with Crippen molar-refractivity contribution in [3.05, 3.63) is 40.1 Å². The van der Waals surface area contributed by atoms with Gasteiger partial charge in [-0.15, -0.1) is 0 Å². The van der Waals surface area contributed by atoms with Gasteiger partial charge < -0.3 is 15.2 Å². The molecule has 2 aliphatic rings. The van der Waals surface area contributed by atoms with Crippen LogP contribution in [-0.2, 0) is 4.79 Å². The molecule has 1 saturated carbocycles. The fourth-order valence-electron chi connectivity index (χ4n) is 3.81. The van der Waals surface area contributed by atoms with Gasteiger partial charge in [-0.1, -0.05) is 36.4 Å². The van der Waals surface area contributed by atoms with Gasteiger partial charge in [-0.25, -0.2) is 0 Å². The third-order valence-electron chi connectivity index (χ3n) is 5.27. The van der Waals surface area contributed by atoms with Crippen LogP contribution in [0.25, 0.3) is 11.6 Å². The van der Waals surface area contributed by atoms with Gasteiger partial charge >= 0.3 is 29.6 Å². The second kappa shape index (κ2) is 8.39. The van der Waals surface area contributed by atoms with Gasteiger partial charge in [-0.2, -0.15) is 0 Å². The summed E-state index contributed by atoms with van der Waals surface area (Å²) in [4.78, 5) is 12.7. The molecular weight excluding hydrogens is 361 g/mol. The molecule has 0 atom stereocenters. The standard InChI is InChI=1S/C20H24ClNO3.Na/c1-4-5-13-10-14(21)16(15(11-13)25-3)17-18(23)20(22-19(17)24)8-6-12(2)7-9-20;/h4-5,10-12,23H,6-9H2,1-3H3,(H,22,24);/q;+1/p-1/b5-4+;. The number of hydrogen-bond donors (Lipinski definition) is 1. The molecule has 1 heterocycles. The van der Waals surface area contributed by atoms with E-state index in [1.165, 1.54) is 7.11 Å². The van der Waals surface area contributed by atoms with Crippen LogP contribution in [0.2, 0.25) is 5.02 Å². The first-order valence-electron chi connectivity index (χ1n) is 8.66. The molecule has 1 amide bonds. The molecule has 3 rings (SSSR count). The van der Waals surface area contributed by atoms with Crippen molar-refractivity contribution in [3.63, 3.8) is 0 Å². The molecule has 1 aromatic rings. The minimum atomic E-state index is -0.769. The van der Waals surface area contributed by atoms with Gasteiger partial charge in [0.2, 0.25) is 0 Å². The van der Waals surface area contributed by atoms with Crippen molar-refractivity contribution >= 4 is 29.2 Å². The maximum absolute atomic E-state index is 13.2. The molecule has 1 spiro atoms. The first kappa shape index (κ1) is 21.4. The average Bonchev–Trinajstić information content (AvgIpc) is 2.81. The Morgan fingerprint density at radius 2 is 2.00 bits per heavy atom. The predicted octanol–water partition coefficient (Wildman–Crippen LogP) is 0.536. The summed E-state index contributed by atoms with van der Waals surface area (Å²) in [7, 11) is 1.52. The number of benzene rings is 1. The largest absolute Gasteiger partial charge is 1.00 e. The molecule has 0 aromatic heterocycles. The fourth-order valence-corrected chi connectivity index (χ4v) is 4.12. The Hall–Kier alpha value is -0.940. The van der Waals surface area contributed by atoms with Crippen LogP contribution in [0.15, 0.2) is 24.0 Å². The van der Waals surface area contributed by atoms with E-state index < -0.39 is 5.54 Å². The number of carbonyl (C=O) groups excluding carboxylic acids is 1. The number of ether oxygens (including phenoxy) is 1. The van der Waals surface area contributed by atoms with Gasteiger partial charge in [-0.05, 0) is 56.2 Å². The van der Waals surface area contributed by atoms with Crippen LogP contribution in [0.1, 0.15) is 50.7 Å². The second-order valence-corrected chi connectivity index (χ2v) is 7.41. The average molecular weight is 384 g/mol. The normalized spacial score (nSPS) is 25.5. The molecule has 134 valence electrons. The number of carbonyl (C=O) groups is 1. The van der Waals surface area contributed by atoms with E-state index in [0.717, 1.165) is 18.4 Å².